The summed E-state index contributed by atoms with van der Waals surface area (Å²) in [6.45, 7) is 2.09. The maximum Gasteiger partial charge on any atom is 0.415 e. The van der Waals surface area contributed by atoms with Crippen molar-refractivity contribution < 1.29 is 14.6 Å². The molecule has 2 aromatic heterocycles. The minimum Gasteiger partial charge on any atom is -0.508 e. The number of phenolic OH excluding ortho intramolecular Hbond substituents is 1. The predicted molar refractivity (Wildman–Crippen MR) is 142 cm³/mol. The topological polar surface area (TPSA) is 143 Å². The summed E-state index contributed by atoms with van der Waals surface area (Å²) in [6, 6.07) is 18.5. The monoisotopic (exact) mass is 520 g/mol. The first-order valence-electron chi connectivity index (χ1n) is 12.4. The molecule has 3 aromatic carbocycles. The third-order valence-electron chi connectivity index (χ3n) is 6.61. The van der Waals surface area contributed by atoms with Crippen LogP contribution in [0.15, 0.2) is 60.7 Å². The summed E-state index contributed by atoms with van der Waals surface area (Å²) in [5, 5.41) is 38.0. The Kier molecular flexibility index (Phi) is 6.16. The second kappa shape index (κ2) is 9.93. The molecule has 11 heteroatoms. The number of rotatable bonds is 4. The molecule has 2 heterocycles. The van der Waals surface area contributed by atoms with E-state index >= 15 is 0 Å². The zero-order valence-electron chi connectivity index (χ0n) is 21.3. The molecule has 1 amide bonds. The number of aromatic hydroxyl groups is 1. The molecule has 1 aliphatic rings. The summed E-state index contributed by atoms with van der Waals surface area (Å²) in [5.41, 5.74) is 7.13. The van der Waals surface area contributed by atoms with Crippen LogP contribution in [0.25, 0.3) is 33.9 Å². The highest BCUT2D eigenvalue weighted by molar-refractivity contribution is 5.82. The predicted octanol–water partition coefficient (Wildman–Crippen LogP) is 4.13. The third kappa shape index (κ3) is 4.89. The molecule has 0 radical (unpaired) electrons. The van der Waals surface area contributed by atoms with Gasteiger partial charge in [0.15, 0.2) is 5.82 Å². The number of amides is 1. The Morgan fingerprint density at radius 2 is 1.54 bits per heavy atom. The van der Waals surface area contributed by atoms with Crippen LogP contribution in [0.1, 0.15) is 22.5 Å². The molecule has 1 aliphatic carbocycles. The molecule has 6 rings (SSSR count). The largest absolute Gasteiger partial charge is 0.508 e. The summed E-state index contributed by atoms with van der Waals surface area (Å²) in [6.07, 6.45) is 0.776. The molecular formula is C28H24N8O3. The van der Waals surface area contributed by atoms with Crippen LogP contribution in [-0.4, -0.2) is 59.0 Å². The van der Waals surface area contributed by atoms with Gasteiger partial charge in [-0.2, -0.15) is 15.4 Å². The van der Waals surface area contributed by atoms with Crippen molar-refractivity contribution in [1.29, 1.82) is 0 Å². The number of hydrogen-bond donors (Lipinski definition) is 2. The van der Waals surface area contributed by atoms with E-state index in [1.165, 1.54) is 4.90 Å². The van der Waals surface area contributed by atoms with E-state index in [-0.39, 0.29) is 12.3 Å². The number of nitrogens with one attached hydrogen (secondary N) is 1. The maximum absolute atomic E-state index is 12.8. The fraction of sp³-hybridized carbons (Fsp3) is 0.179. The number of phenols is 1. The molecule has 0 aliphatic heterocycles. The van der Waals surface area contributed by atoms with Crippen LogP contribution in [-0.2, 0) is 19.4 Å². The minimum absolute atomic E-state index is 0.0839. The number of nitrogens with zero attached hydrogens (tertiary/aromatic N) is 7. The van der Waals surface area contributed by atoms with Gasteiger partial charge in [-0.05, 0) is 67.3 Å². The summed E-state index contributed by atoms with van der Waals surface area (Å²) in [4.78, 5) is 14.2. The zero-order valence-corrected chi connectivity index (χ0v) is 21.3. The van der Waals surface area contributed by atoms with Crippen molar-refractivity contribution in [2.75, 3.05) is 7.05 Å². The van der Waals surface area contributed by atoms with Gasteiger partial charge >= 0.3 is 6.09 Å². The molecule has 5 aromatic rings. The summed E-state index contributed by atoms with van der Waals surface area (Å²) < 4.78 is 5.66. The van der Waals surface area contributed by atoms with Gasteiger partial charge in [-0.25, -0.2) is 4.79 Å². The number of carbonyl (C=O) groups excluding carboxylic acids is 1. The Balaban J connectivity index is 1.17. The second-order valence-electron chi connectivity index (χ2n) is 9.41. The van der Waals surface area contributed by atoms with E-state index in [1.807, 2.05) is 49.4 Å². The number of aryl methyl sites for hydroxylation is 3. The van der Waals surface area contributed by atoms with Gasteiger partial charge in [-0.1, -0.05) is 29.8 Å². The van der Waals surface area contributed by atoms with Gasteiger partial charge in [0.05, 0.1) is 6.54 Å². The van der Waals surface area contributed by atoms with Crippen molar-refractivity contribution in [2.45, 2.75) is 26.3 Å². The molecular weight excluding hydrogens is 496 g/mol. The molecule has 0 saturated carbocycles. The number of carbonyl (C=O) groups is 1. The molecule has 39 heavy (non-hydrogen) atoms. The highest BCUT2D eigenvalue weighted by Gasteiger charge is 2.23. The van der Waals surface area contributed by atoms with Crippen molar-refractivity contribution in [3.63, 3.8) is 0 Å². The molecule has 0 unspecified atom stereocenters. The van der Waals surface area contributed by atoms with Gasteiger partial charge in [0.1, 0.15) is 22.9 Å². The van der Waals surface area contributed by atoms with Crippen molar-refractivity contribution in [1.82, 2.24) is 40.7 Å². The van der Waals surface area contributed by atoms with E-state index < -0.39 is 6.09 Å². The fourth-order valence-electron chi connectivity index (χ4n) is 4.55. The molecule has 0 spiro atoms. The number of H-pyrrole nitrogens is 1. The Bertz CT molecular complexity index is 1670. The number of benzene rings is 3. The van der Waals surface area contributed by atoms with Crippen LogP contribution in [0, 0.1) is 6.92 Å². The average molecular weight is 521 g/mol. The first kappa shape index (κ1) is 24.2. The van der Waals surface area contributed by atoms with Crippen molar-refractivity contribution in [2.24, 2.45) is 0 Å². The highest BCUT2D eigenvalue weighted by Crippen LogP contribution is 2.38. The average Bonchev–Trinajstić information content (AvgIpc) is 3.41. The molecule has 0 atom stereocenters. The Morgan fingerprint density at radius 3 is 2.23 bits per heavy atom. The lowest BCUT2D eigenvalue weighted by Gasteiger charge is -2.18. The lowest BCUT2D eigenvalue weighted by atomic mass is 9.89. The minimum atomic E-state index is -0.565. The van der Waals surface area contributed by atoms with Crippen molar-refractivity contribution >= 4 is 6.09 Å². The molecule has 2 N–H and O–H groups in total. The highest BCUT2D eigenvalue weighted by atomic mass is 16.6. The van der Waals surface area contributed by atoms with Crippen LogP contribution in [0.2, 0.25) is 0 Å². The normalized spacial score (nSPS) is 11.9. The van der Waals surface area contributed by atoms with Crippen LogP contribution in [0.4, 0.5) is 4.79 Å². The van der Waals surface area contributed by atoms with Crippen LogP contribution < -0.4 is 4.74 Å². The Morgan fingerprint density at radius 1 is 0.897 bits per heavy atom. The van der Waals surface area contributed by atoms with Gasteiger partial charge in [0.2, 0.25) is 5.82 Å². The van der Waals surface area contributed by atoms with Crippen molar-refractivity contribution in [3.05, 3.63) is 83.2 Å². The van der Waals surface area contributed by atoms with Gasteiger partial charge in [-0.15, -0.1) is 20.4 Å². The van der Waals surface area contributed by atoms with E-state index in [4.69, 9.17) is 4.74 Å². The molecule has 11 nitrogen and oxygen atoms in total. The number of fused-ring (bicyclic) bond motifs is 5. The summed E-state index contributed by atoms with van der Waals surface area (Å²) in [5.74, 6) is 1.31. The fourth-order valence-corrected chi connectivity index (χ4v) is 4.55. The Labute approximate surface area is 223 Å². The van der Waals surface area contributed by atoms with Crippen LogP contribution >= 0.6 is 0 Å². The van der Waals surface area contributed by atoms with Crippen molar-refractivity contribution in [3.8, 4) is 45.4 Å². The number of hydrogen-bond acceptors (Lipinski definition) is 9. The maximum atomic E-state index is 12.8. The van der Waals surface area contributed by atoms with E-state index in [0.717, 1.165) is 33.4 Å². The van der Waals surface area contributed by atoms with Crippen LogP contribution in [0.3, 0.4) is 0 Å². The zero-order chi connectivity index (χ0) is 26.9. The van der Waals surface area contributed by atoms with Crippen LogP contribution in [0.5, 0.6) is 11.5 Å². The number of aromatic nitrogens is 7. The number of ether oxygens (including phenoxy) is 1. The molecule has 0 saturated heterocycles. The van der Waals surface area contributed by atoms with Gasteiger partial charge in [0, 0.05) is 23.7 Å². The standard InChI is InChI=1S/C28H24N8O3/c1-16-3-5-17(6-4-16)27-33-29-24(30-34-27)15-36(2)28(38)39-21-10-12-23-19(14-21)8-7-18-13-20(37)9-11-22(18)25-26(23)32-35-31-25/h3-6,9-14,37H,7-8,15H2,1-2H3,(H,31,32,35). The van der Waals surface area contributed by atoms with Gasteiger partial charge in [0.25, 0.3) is 0 Å². The summed E-state index contributed by atoms with van der Waals surface area (Å²) in [7, 11) is 1.60. The SMILES string of the molecule is Cc1ccc(-c2nnc(CN(C)C(=O)Oc3ccc4c(c3)CCc3cc(O)ccc3-c3n[nH]nc3-4)nn2)cc1. The number of aromatic amines is 1. The Hall–Kier alpha value is -5.19. The van der Waals surface area contributed by atoms with E-state index in [2.05, 4.69) is 35.8 Å². The molecule has 0 fully saturated rings. The van der Waals surface area contributed by atoms with Gasteiger partial charge < -0.3 is 14.7 Å². The third-order valence-corrected chi connectivity index (χ3v) is 6.61. The van der Waals surface area contributed by atoms with E-state index in [1.54, 1.807) is 25.2 Å². The second-order valence-corrected chi connectivity index (χ2v) is 9.41. The quantitative estimate of drug-likeness (QED) is 0.357. The first-order chi connectivity index (χ1) is 18.9. The van der Waals surface area contributed by atoms with E-state index in [0.29, 0.717) is 41.6 Å². The lowest BCUT2D eigenvalue weighted by molar-refractivity contribution is 0.159. The summed E-state index contributed by atoms with van der Waals surface area (Å²) >= 11 is 0. The molecule has 194 valence electrons. The van der Waals surface area contributed by atoms with E-state index in [9.17, 15) is 9.90 Å². The lowest BCUT2D eigenvalue weighted by Crippen LogP contribution is -2.30. The molecule has 0 bridgehead atoms. The van der Waals surface area contributed by atoms with Gasteiger partial charge in [-0.3, -0.25) is 0 Å². The smallest absolute Gasteiger partial charge is 0.415 e. The first-order valence-corrected chi connectivity index (χ1v) is 12.4.